The summed E-state index contributed by atoms with van der Waals surface area (Å²) in [7, 11) is 1.68. The van der Waals surface area contributed by atoms with Crippen molar-refractivity contribution in [2.75, 3.05) is 13.7 Å². The molecule has 3 heteroatoms. The highest BCUT2D eigenvalue weighted by Crippen LogP contribution is 2.29. The summed E-state index contributed by atoms with van der Waals surface area (Å²) in [6, 6.07) is 6.72. The molecule has 0 aliphatic heterocycles. The maximum atomic E-state index is 5.26. The summed E-state index contributed by atoms with van der Waals surface area (Å²) in [5.41, 5.74) is 1.33. The van der Waals surface area contributed by atoms with Crippen LogP contribution in [-0.4, -0.2) is 19.7 Å². The average Bonchev–Trinajstić information content (AvgIpc) is 2.37. The highest BCUT2D eigenvalue weighted by atomic mass is 79.9. The molecule has 1 aromatic rings. The fraction of sp³-hybridized carbons (Fsp3) is 0.500. The van der Waals surface area contributed by atoms with E-state index in [2.05, 4.69) is 60.7 Å². The minimum absolute atomic E-state index is 0.0539. The summed E-state index contributed by atoms with van der Waals surface area (Å²) in [4.78, 5) is 0. The lowest BCUT2D eigenvalue weighted by molar-refractivity contribution is 0.373. The Hall–Kier alpha value is -0.800. The lowest BCUT2D eigenvalue weighted by Gasteiger charge is -2.27. The van der Waals surface area contributed by atoms with Gasteiger partial charge in [0.05, 0.1) is 11.6 Å². The van der Waals surface area contributed by atoms with E-state index in [-0.39, 0.29) is 5.41 Å². The van der Waals surface area contributed by atoms with Crippen LogP contribution in [0.4, 0.5) is 0 Å². The Labute approximate surface area is 125 Å². The van der Waals surface area contributed by atoms with Crippen molar-refractivity contribution in [1.29, 1.82) is 0 Å². The number of ether oxygens (including phenoxy) is 1. The molecule has 1 unspecified atom stereocenters. The Morgan fingerprint density at radius 2 is 2.16 bits per heavy atom. The second kappa shape index (κ2) is 7.11. The summed E-state index contributed by atoms with van der Waals surface area (Å²) in [5, 5.41) is 3.49. The van der Waals surface area contributed by atoms with E-state index >= 15 is 0 Å². The fourth-order valence-corrected chi connectivity index (χ4v) is 2.52. The first kappa shape index (κ1) is 16.3. The van der Waals surface area contributed by atoms with Gasteiger partial charge in [-0.2, -0.15) is 0 Å². The first-order valence-electron chi connectivity index (χ1n) is 6.59. The zero-order chi connectivity index (χ0) is 14.5. The summed E-state index contributed by atoms with van der Waals surface area (Å²) in [5.74, 6) is 0.865. The van der Waals surface area contributed by atoms with Crippen molar-refractivity contribution in [3.05, 3.63) is 40.9 Å². The van der Waals surface area contributed by atoms with Crippen LogP contribution in [0.5, 0.6) is 5.75 Å². The van der Waals surface area contributed by atoms with Gasteiger partial charge in [0.1, 0.15) is 5.75 Å². The van der Waals surface area contributed by atoms with Gasteiger partial charge in [0, 0.05) is 18.0 Å². The second-order valence-corrected chi connectivity index (χ2v) is 6.39. The van der Waals surface area contributed by atoms with Gasteiger partial charge in [-0.1, -0.05) is 32.9 Å². The van der Waals surface area contributed by atoms with Gasteiger partial charge >= 0.3 is 0 Å². The van der Waals surface area contributed by atoms with Crippen LogP contribution < -0.4 is 10.1 Å². The number of rotatable bonds is 7. The molecular weight excluding hydrogens is 302 g/mol. The third kappa shape index (κ3) is 5.00. The molecule has 0 heterocycles. The minimum atomic E-state index is 0.0539. The number of methoxy groups -OCH3 is 1. The Morgan fingerprint density at radius 1 is 1.47 bits per heavy atom. The lowest BCUT2D eigenvalue weighted by Crippen LogP contribution is -2.35. The van der Waals surface area contributed by atoms with Crippen molar-refractivity contribution in [1.82, 2.24) is 5.32 Å². The largest absolute Gasteiger partial charge is 0.496 e. The molecule has 0 saturated carbocycles. The van der Waals surface area contributed by atoms with E-state index in [0.29, 0.717) is 6.04 Å². The molecule has 1 N–H and O–H groups in total. The number of hydrogen-bond acceptors (Lipinski definition) is 2. The lowest BCUT2D eigenvalue weighted by atomic mass is 9.83. The van der Waals surface area contributed by atoms with Crippen molar-refractivity contribution in [3.63, 3.8) is 0 Å². The molecule has 0 radical (unpaired) electrons. The smallest absolute Gasteiger partial charge is 0.133 e. The summed E-state index contributed by atoms with van der Waals surface area (Å²) in [6.45, 7) is 11.5. The molecule has 2 nitrogen and oxygen atoms in total. The van der Waals surface area contributed by atoms with E-state index in [0.717, 1.165) is 23.2 Å². The summed E-state index contributed by atoms with van der Waals surface area (Å²) >= 11 is 3.53. The van der Waals surface area contributed by atoms with E-state index in [4.69, 9.17) is 4.74 Å². The van der Waals surface area contributed by atoms with Gasteiger partial charge in [0.25, 0.3) is 0 Å². The molecule has 1 atom stereocenters. The normalized spacial score (nSPS) is 14.2. The molecule has 0 aromatic heterocycles. The van der Waals surface area contributed by atoms with Gasteiger partial charge in [-0.15, -0.1) is 6.58 Å². The number of hydrogen-bond donors (Lipinski definition) is 1. The van der Waals surface area contributed by atoms with Crippen LogP contribution in [0.15, 0.2) is 35.3 Å². The van der Waals surface area contributed by atoms with Crippen LogP contribution in [-0.2, 0) is 6.42 Å². The average molecular weight is 326 g/mol. The quantitative estimate of drug-likeness (QED) is 0.759. The molecule has 1 rings (SSSR count). The van der Waals surface area contributed by atoms with Crippen LogP contribution in [0.2, 0.25) is 0 Å². The van der Waals surface area contributed by atoms with Crippen molar-refractivity contribution >= 4 is 15.9 Å². The van der Waals surface area contributed by atoms with E-state index in [1.807, 2.05) is 12.1 Å². The molecule has 19 heavy (non-hydrogen) atoms. The predicted molar refractivity (Wildman–Crippen MR) is 85.8 cm³/mol. The number of nitrogens with one attached hydrogen (secondary N) is 1. The Morgan fingerprint density at radius 3 is 2.63 bits per heavy atom. The first-order chi connectivity index (χ1) is 8.90. The second-order valence-electron chi connectivity index (χ2n) is 5.54. The number of benzene rings is 1. The van der Waals surface area contributed by atoms with Gasteiger partial charge in [0.2, 0.25) is 0 Å². The van der Waals surface area contributed by atoms with E-state index in [9.17, 15) is 0 Å². The van der Waals surface area contributed by atoms with Gasteiger partial charge in [-0.05, 0) is 40.0 Å². The van der Waals surface area contributed by atoms with Crippen molar-refractivity contribution in [2.45, 2.75) is 33.2 Å². The molecule has 0 spiro atoms. The van der Waals surface area contributed by atoms with Crippen LogP contribution in [0.25, 0.3) is 0 Å². The highest BCUT2D eigenvalue weighted by molar-refractivity contribution is 9.10. The van der Waals surface area contributed by atoms with Crippen molar-refractivity contribution in [2.24, 2.45) is 5.41 Å². The third-order valence-electron chi connectivity index (χ3n) is 3.23. The van der Waals surface area contributed by atoms with E-state index in [1.165, 1.54) is 5.56 Å². The summed E-state index contributed by atoms with van der Waals surface area (Å²) < 4.78 is 6.25. The Kier molecular flexibility index (Phi) is 6.08. The maximum absolute atomic E-state index is 5.26. The molecule has 0 bridgehead atoms. The van der Waals surface area contributed by atoms with Crippen molar-refractivity contribution < 1.29 is 4.74 Å². The van der Waals surface area contributed by atoms with Crippen molar-refractivity contribution in [3.8, 4) is 5.75 Å². The first-order valence-corrected chi connectivity index (χ1v) is 7.39. The molecule has 1 aromatic carbocycles. The zero-order valence-corrected chi connectivity index (χ0v) is 13.9. The molecule has 0 amide bonds. The third-order valence-corrected chi connectivity index (χ3v) is 3.85. The topological polar surface area (TPSA) is 21.3 Å². The van der Waals surface area contributed by atoms with Crippen LogP contribution in [0.3, 0.4) is 0 Å². The monoisotopic (exact) mass is 325 g/mol. The Balaban J connectivity index is 2.80. The zero-order valence-electron chi connectivity index (χ0n) is 12.3. The van der Waals surface area contributed by atoms with Crippen LogP contribution >= 0.6 is 15.9 Å². The molecule has 106 valence electrons. The minimum Gasteiger partial charge on any atom is -0.496 e. The van der Waals surface area contributed by atoms with Gasteiger partial charge in [-0.25, -0.2) is 0 Å². The van der Waals surface area contributed by atoms with Crippen LogP contribution in [0.1, 0.15) is 26.3 Å². The fourth-order valence-electron chi connectivity index (χ4n) is 1.93. The molecule has 0 saturated heterocycles. The van der Waals surface area contributed by atoms with Gasteiger partial charge in [-0.3, -0.25) is 0 Å². The van der Waals surface area contributed by atoms with Gasteiger partial charge < -0.3 is 10.1 Å². The number of halogens is 1. The van der Waals surface area contributed by atoms with Gasteiger partial charge in [0.15, 0.2) is 0 Å². The van der Waals surface area contributed by atoms with E-state index in [1.54, 1.807) is 7.11 Å². The molecular formula is C16H24BrNO. The predicted octanol–water partition coefficient (Wildman–Crippen LogP) is 4.19. The van der Waals surface area contributed by atoms with E-state index < -0.39 is 0 Å². The Bertz CT molecular complexity index is 431. The van der Waals surface area contributed by atoms with Crippen LogP contribution in [0, 0.1) is 5.41 Å². The standard InChI is InChI=1S/C16H24BrNO/c1-6-16(4,11-18-12(2)3)10-13-7-8-15(19-5)14(17)9-13/h6-9,12,18H,1,10-11H2,2-5H3. The summed E-state index contributed by atoms with van der Waals surface area (Å²) in [6.07, 6.45) is 3.00. The molecule has 0 fully saturated rings. The highest BCUT2D eigenvalue weighted by Gasteiger charge is 2.21. The molecule has 0 aliphatic rings. The SMILES string of the molecule is C=CC(C)(CNC(C)C)Cc1ccc(OC)c(Br)c1. The molecule has 0 aliphatic carbocycles. The maximum Gasteiger partial charge on any atom is 0.133 e.